The molecule has 3 rings (SSSR count). The van der Waals surface area contributed by atoms with Crippen LogP contribution in [0.5, 0.6) is 0 Å². The fourth-order valence-corrected chi connectivity index (χ4v) is 5.39. The van der Waals surface area contributed by atoms with Gasteiger partial charge < -0.3 is 0 Å². The zero-order valence-electron chi connectivity index (χ0n) is 18.6. The quantitative estimate of drug-likeness (QED) is 0.473. The molecule has 0 spiro atoms. The molecule has 0 unspecified atom stereocenters. The van der Waals surface area contributed by atoms with E-state index in [0.717, 1.165) is 29.5 Å². The molecule has 0 N–H and O–H groups in total. The summed E-state index contributed by atoms with van der Waals surface area (Å²) in [5.41, 5.74) is 5.78. The van der Waals surface area contributed by atoms with Gasteiger partial charge in [-0.1, -0.05) is 64.1 Å². The minimum Gasteiger partial charge on any atom is -0.223 e. The van der Waals surface area contributed by atoms with Gasteiger partial charge in [0.15, 0.2) is 15.6 Å². The predicted octanol–water partition coefficient (Wildman–Crippen LogP) is 6.93. The van der Waals surface area contributed by atoms with Crippen LogP contribution in [-0.2, 0) is 20.7 Å². The lowest BCUT2D eigenvalue weighted by atomic mass is 9.63. The molecule has 2 aromatic rings. The Bertz CT molecular complexity index is 1110. The number of allylic oxidation sites excluding steroid dienone is 1. The van der Waals surface area contributed by atoms with Crippen LogP contribution in [0.1, 0.15) is 69.7 Å². The predicted molar refractivity (Wildman–Crippen MR) is 120 cm³/mol. The maximum Gasteiger partial charge on any atom is 0.403 e. The molecule has 0 aliphatic heterocycles. The minimum absolute atomic E-state index is 0.0929. The highest BCUT2D eigenvalue weighted by Crippen LogP contribution is 2.46. The van der Waals surface area contributed by atoms with E-state index in [1.807, 2.05) is 13.0 Å². The van der Waals surface area contributed by atoms with Crippen LogP contribution in [0.25, 0.3) is 11.6 Å². The summed E-state index contributed by atoms with van der Waals surface area (Å²) in [6.45, 7) is 11.1. The van der Waals surface area contributed by atoms with Crippen molar-refractivity contribution < 1.29 is 21.6 Å². The highest BCUT2D eigenvalue weighted by atomic mass is 32.2. The molecule has 0 amide bonds. The van der Waals surface area contributed by atoms with Crippen molar-refractivity contribution in [1.29, 1.82) is 0 Å². The Balaban J connectivity index is 1.90. The third-order valence-electron chi connectivity index (χ3n) is 6.28. The van der Waals surface area contributed by atoms with Crippen molar-refractivity contribution in [3.05, 3.63) is 64.7 Å². The van der Waals surface area contributed by atoms with Crippen LogP contribution < -0.4 is 0 Å². The Morgan fingerprint density at radius 1 is 0.935 bits per heavy atom. The van der Waals surface area contributed by atoms with Crippen LogP contribution in [0, 0.1) is 0 Å². The molecule has 0 saturated carbocycles. The molecular weight excluding hydrogens is 421 g/mol. The topological polar surface area (TPSA) is 34.1 Å². The molecule has 1 aliphatic rings. The van der Waals surface area contributed by atoms with E-state index in [2.05, 4.69) is 45.9 Å². The SMILES string of the molecule is CC(=Cc1ccc(S(=O)(=O)CC(F)(F)F)cc1)c1ccc2c(c1)C(C)(C)CCC2(C)C. The van der Waals surface area contributed by atoms with E-state index in [4.69, 9.17) is 0 Å². The molecule has 0 radical (unpaired) electrons. The van der Waals surface area contributed by atoms with Gasteiger partial charge in [-0.05, 0) is 70.6 Å². The minimum atomic E-state index is -4.76. The van der Waals surface area contributed by atoms with Crippen molar-refractivity contribution >= 4 is 21.5 Å². The third-order valence-corrected chi connectivity index (χ3v) is 7.98. The van der Waals surface area contributed by atoms with Gasteiger partial charge in [-0.3, -0.25) is 0 Å². The van der Waals surface area contributed by atoms with Crippen molar-refractivity contribution in [3.8, 4) is 0 Å². The first kappa shape index (κ1) is 23.6. The van der Waals surface area contributed by atoms with Gasteiger partial charge in [-0.2, -0.15) is 13.2 Å². The Morgan fingerprint density at radius 2 is 1.48 bits per heavy atom. The summed E-state index contributed by atoms with van der Waals surface area (Å²) in [5, 5.41) is 0. The summed E-state index contributed by atoms with van der Waals surface area (Å²) in [6, 6.07) is 12.1. The number of hydrogen-bond donors (Lipinski definition) is 0. The van der Waals surface area contributed by atoms with E-state index in [9.17, 15) is 21.6 Å². The highest BCUT2D eigenvalue weighted by Gasteiger charge is 2.37. The fraction of sp³-hybridized carbons (Fsp3) is 0.440. The zero-order chi connectivity index (χ0) is 23.2. The van der Waals surface area contributed by atoms with Crippen molar-refractivity contribution in [2.45, 2.75) is 69.4 Å². The average molecular weight is 451 g/mol. The summed E-state index contributed by atoms with van der Waals surface area (Å²) in [4.78, 5) is -0.322. The molecule has 0 fully saturated rings. The Kier molecular flexibility index (Phi) is 5.94. The van der Waals surface area contributed by atoms with Gasteiger partial charge in [0.05, 0.1) is 4.90 Å². The molecule has 0 heterocycles. The molecule has 2 aromatic carbocycles. The number of sulfone groups is 1. The summed E-state index contributed by atoms with van der Waals surface area (Å²) < 4.78 is 61.4. The molecule has 6 heteroatoms. The lowest BCUT2D eigenvalue weighted by Crippen LogP contribution is -2.33. The highest BCUT2D eigenvalue weighted by molar-refractivity contribution is 7.91. The molecule has 0 atom stereocenters. The Morgan fingerprint density at radius 3 is 2.03 bits per heavy atom. The van der Waals surface area contributed by atoms with Crippen molar-refractivity contribution in [3.63, 3.8) is 0 Å². The van der Waals surface area contributed by atoms with Crippen LogP contribution in [0.15, 0.2) is 47.4 Å². The maximum absolute atomic E-state index is 12.5. The number of benzene rings is 2. The molecule has 0 bridgehead atoms. The van der Waals surface area contributed by atoms with E-state index in [1.165, 1.54) is 35.4 Å². The first-order valence-corrected chi connectivity index (χ1v) is 12.0. The summed E-state index contributed by atoms with van der Waals surface area (Å²) in [5.74, 6) is -1.85. The standard InChI is InChI=1S/C25H29F3O2S/c1-17(14-18-6-9-20(10-7-18)31(29,30)16-25(26,27)28)19-8-11-21-22(15-19)24(4,5)13-12-23(21,2)3/h6-11,14-15H,12-13,16H2,1-5H3. The number of fused-ring (bicyclic) bond motifs is 1. The number of hydrogen-bond acceptors (Lipinski definition) is 2. The molecule has 2 nitrogen and oxygen atoms in total. The summed E-state index contributed by atoms with van der Waals surface area (Å²) in [7, 11) is -4.40. The molecule has 1 aliphatic carbocycles. The van der Waals surface area contributed by atoms with Crippen LogP contribution in [0.2, 0.25) is 0 Å². The number of rotatable bonds is 4. The van der Waals surface area contributed by atoms with E-state index in [-0.39, 0.29) is 15.7 Å². The fourth-order valence-electron chi connectivity index (χ4n) is 4.24. The third kappa shape index (κ3) is 5.22. The lowest BCUT2D eigenvalue weighted by molar-refractivity contribution is -0.106. The summed E-state index contributed by atoms with van der Waals surface area (Å²) >= 11 is 0. The van der Waals surface area contributed by atoms with Gasteiger partial charge in [-0.15, -0.1) is 0 Å². The van der Waals surface area contributed by atoms with Gasteiger partial charge in [0.1, 0.15) is 0 Å². The summed E-state index contributed by atoms with van der Waals surface area (Å²) in [6.07, 6.45) is -0.580. The molecular formula is C25H29F3O2S. The monoisotopic (exact) mass is 450 g/mol. The van der Waals surface area contributed by atoms with Gasteiger partial charge in [-0.25, -0.2) is 8.42 Å². The molecule has 31 heavy (non-hydrogen) atoms. The Labute approximate surface area is 183 Å². The van der Waals surface area contributed by atoms with Gasteiger partial charge in [0.25, 0.3) is 0 Å². The van der Waals surface area contributed by atoms with Crippen LogP contribution in [0.4, 0.5) is 13.2 Å². The smallest absolute Gasteiger partial charge is 0.223 e. The van der Waals surface area contributed by atoms with Gasteiger partial charge >= 0.3 is 6.18 Å². The second-order valence-electron chi connectivity index (χ2n) is 9.80. The van der Waals surface area contributed by atoms with Gasteiger partial charge in [0, 0.05) is 0 Å². The lowest BCUT2D eigenvalue weighted by Gasteiger charge is -2.42. The van der Waals surface area contributed by atoms with Crippen molar-refractivity contribution in [2.75, 3.05) is 5.75 Å². The second kappa shape index (κ2) is 7.80. The van der Waals surface area contributed by atoms with Crippen LogP contribution in [0.3, 0.4) is 0 Å². The van der Waals surface area contributed by atoms with Gasteiger partial charge in [0.2, 0.25) is 0 Å². The van der Waals surface area contributed by atoms with Crippen LogP contribution >= 0.6 is 0 Å². The normalized spacial score (nSPS) is 18.5. The van der Waals surface area contributed by atoms with E-state index in [1.54, 1.807) is 0 Å². The van der Waals surface area contributed by atoms with E-state index < -0.39 is 21.8 Å². The first-order chi connectivity index (χ1) is 14.1. The molecule has 168 valence electrons. The van der Waals surface area contributed by atoms with Crippen molar-refractivity contribution in [2.24, 2.45) is 0 Å². The zero-order valence-corrected chi connectivity index (χ0v) is 19.4. The maximum atomic E-state index is 12.5. The average Bonchev–Trinajstić information content (AvgIpc) is 2.64. The van der Waals surface area contributed by atoms with Crippen molar-refractivity contribution in [1.82, 2.24) is 0 Å². The number of alkyl halides is 3. The number of halogens is 3. The van der Waals surface area contributed by atoms with Crippen LogP contribution in [-0.4, -0.2) is 20.3 Å². The first-order valence-electron chi connectivity index (χ1n) is 10.3. The molecule has 0 saturated heterocycles. The molecule has 0 aromatic heterocycles. The van der Waals surface area contributed by atoms with E-state index in [0.29, 0.717) is 0 Å². The van der Waals surface area contributed by atoms with E-state index >= 15 is 0 Å². The Hall–Kier alpha value is -2.08. The second-order valence-corrected chi connectivity index (χ2v) is 11.8. The largest absolute Gasteiger partial charge is 0.403 e.